The van der Waals surface area contributed by atoms with E-state index in [9.17, 15) is 0 Å². The predicted octanol–water partition coefficient (Wildman–Crippen LogP) is 13.2. The summed E-state index contributed by atoms with van der Waals surface area (Å²) >= 11 is 0. The molecular formula is C49H36N2. The zero-order valence-electron chi connectivity index (χ0n) is 28.4. The largest absolute Gasteiger partial charge is 0.345 e. The number of anilines is 2. The maximum atomic E-state index is 2.41. The molecule has 8 aromatic carbocycles. The van der Waals surface area contributed by atoms with Crippen LogP contribution in [-0.4, -0.2) is 11.6 Å². The molecule has 242 valence electrons. The van der Waals surface area contributed by atoms with Crippen molar-refractivity contribution >= 4 is 33.2 Å². The van der Waals surface area contributed by atoms with Gasteiger partial charge < -0.3 is 9.47 Å². The van der Waals surface area contributed by atoms with Crippen LogP contribution in [0.4, 0.5) is 11.4 Å². The zero-order valence-corrected chi connectivity index (χ0v) is 28.4. The fourth-order valence-electron chi connectivity index (χ4n) is 7.30. The molecule has 9 rings (SSSR count). The summed E-state index contributed by atoms with van der Waals surface area (Å²) in [6.45, 7) is 0. The van der Waals surface area contributed by atoms with Crippen LogP contribution in [0.15, 0.2) is 200 Å². The number of para-hydroxylation sites is 1. The SMILES string of the molecule is CN(c1ccccc1)c1ccc(-n2c3ccc(-c4cccc(-c5ccccc5)c4)cc3c3cc(-c4cccc(-c5ccccc5)c4)ccc32)cc1. The van der Waals surface area contributed by atoms with Crippen LogP contribution in [0.1, 0.15) is 0 Å². The molecule has 9 aromatic rings. The maximum Gasteiger partial charge on any atom is 0.0541 e. The Morgan fingerprint density at radius 2 is 0.686 bits per heavy atom. The van der Waals surface area contributed by atoms with E-state index in [1.54, 1.807) is 0 Å². The van der Waals surface area contributed by atoms with Gasteiger partial charge in [0.25, 0.3) is 0 Å². The minimum absolute atomic E-state index is 1.14. The molecule has 0 aliphatic heterocycles. The molecule has 0 bridgehead atoms. The fourth-order valence-corrected chi connectivity index (χ4v) is 7.30. The van der Waals surface area contributed by atoms with E-state index in [0.29, 0.717) is 0 Å². The van der Waals surface area contributed by atoms with Gasteiger partial charge in [0.15, 0.2) is 0 Å². The third-order valence-corrected chi connectivity index (χ3v) is 10.0. The highest BCUT2D eigenvalue weighted by molar-refractivity contribution is 6.11. The van der Waals surface area contributed by atoms with Crippen molar-refractivity contribution in [3.05, 3.63) is 200 Å². The third-order valence-electron chi connectivity index (χ3n) is 10.0. The second kappa shape index (κ2) is 13.0. The van der Waals surface area contributed by atoms with Crippen molar-refractivity contribution in [2.45, 2.75) is 0 Å². The summed E-state index contributed by atoms with van der Waals surface area (Å²) in [5, 5.41) is 2.47. The van der Waals surface area contributed by atoms with Gasteiger partial charge in [-0.15, -0.1) is 0 Å². The number of fused-ring (bicyclic) bond motifs is 3. The average molecular weight is 653 g/mol. The Kier molecular flexibility index (Phi) is 7.75. The minimum atomic E-state index is 1.14. The fraction of sp³-hybridized carbons (Fsp3) is 0.0204. The van der Waals surface area contributed by atoms with E-state index in [0.717, 1.165) is 17.1 Å². The van der Waals surface area contributed by atoms with E-state index in [4.69, 9.17) is 0 Å². The number of hydrogen-bond donors (Lipinski definition) is 0. The van der Waals surface area contributed by atoms with E-state index in [2.05, 4.69) is 217 Å². The van der Waals surface area contributed by atoms with E-state index in [-0.39, 0.29) is 0 Å². The van der Waals surface area contributed by atoms with Gasteiger partial charge in [0, 0.05) is 34.9 Å². The quantitative estimate of drug-likeness (QED) is 0.166. The lowest BCUT2D eigenvalue weighted by molar-refractivity contribution is 1.16. The van der Waals surface area contributed by atoms with Gasteiger partial charge in [-0.05, 0) is 117 Å². The van der Waals surface area contributed by atoms with Crippen molar-refractivity contribution in [2.75, 3.05) is 11.9 Å². The number of hydrogen-bond acceptors (Lipinski definition) is 1. The average Bonchev–Trinajstić information content (AvgIpc) is 3.54. The molecule has 2 nitrogen and oxygen atoms in total. The number of rotatable bonds is 7. The molecule has 1 aromatic heterocycles. The van der Waals surface area contributed by atoms with Crippen molar-refractivity contribution in [1.29, 1.82) is 0 Å². The molecule has 0 spiro atoms. The van der Waals surface area contributed by atoms with Crippen molar-refractivity contribution < 1.29 is 0 Å². The predicted molar refractivity (Wildman–Crippen MR) is 217 cm³/mol. The van der Waals surface area contributed by atoms with Gasteiger partial charge in [-0.2, -0.15) is 0 Å². The summed E-state index contributed by atoms with van der Waals surface area (Å²) in [7, 11) is 2.12. The summed E-state index contributed by atoms with van der Waals surface area (Å²) in [5.41, 5.74) is 15.5. The van der Waals surface area contributed by atoms with E-state index in [1.807, 2.05) is 0 Å². The van der Waals surface area contributed by atoms with Gasteiger partial charge in [0.2, 0.25) is 0 Å². The molecular weight excluding hydrogens is 617 g/mol. The van der Waals surface area contributed by atoms with Gasteiger partial charge >= 0.3 is 0 Å². The molecule has 0 aliphatic rings. The van der Waals surface area contributed by atoms with Gasteiger partial charge in [0.05, 0.1) is 11.0 Å². The monoisotopic (exact) mass is 652 g/mol. The van der Waals surface area contributed by atoms with Crippen LogP contribution >= 0.6 is 0 Å². The lowest BCUT2D eigenvalue weighted by Crippen LogP contribution is -2.09. The molecule has 0 saturated heterocycles. The molecule has 51 heavy (non-hydrogen) atoms. The highest BCUT2D eigenvalue weighted by Gasteiger charge is 2.16. The topological polar surface area (TPSA) is 8.17 Å². The normalized spacial score (nSPS) is 11.2. The zero-order chi connectivity index (χ0) is 34.1. The van der Waals surface area contributed by atoms with E-state index >= 15 is 0 Å². The molecule has 0 N–H and O–H groups in total. The second-order valence-electron chi connectivity index (χ2n) is 13.1. The molecule has 0 radical (unpaired) electrons. The lowest BCUT2D eigenvalue weighted by Gasteiger charge is -2.20. The van der Waals surface area contributed by atoms with Crippen molar-refractivity contribution in [3.8, 4) is 50.2 Å². The van der Waals surface area contributed by atoms with Crippen molar-refractivity contribution in [2.24, 2.45) is 0 Å². The number of aromatic nitrogens is 1. The number of nitrogens with zero attached hydrogens (tertiary/aromatic N) is 2. The van der Waals surface area contributed by atoms with Crippen LogP contribution < -0.4 is 4.90 Å². The molecule has 1 heterocycles. The number of benzene rings is 8. The third kappa shape index (κ3) is 5.77. The van der Waals surface area contributed by atoms with Crippen LogP contribution in [0.2, 0.25) is 0 Å². The molecule has 0 atom stereocenters. The first-order valence-electron chi connectivity index (χ1n) is 17.5. The summed E-state index contributed by atoms with van der Waals surface area (Å²) < 4.78 is 2.41. The van der Waals surface area contributed by atoms with Crippen LogP contribution in [-0.2, 0) is 0 Å². The van der Waals surface area contributed by atoms with Gasteiger partial charge in [-0.25, -0.2) is 0 Å². The highest BCUT2D eigenvalue weighted by Crippen LogP contribution is 2.39. The van der Waals surface area contributed by atoms with Gasteiger partial charge in [0.1, 0.15) is 0 Å². The Morgan fingerprint density at radius 3 is 1.16 bits per heavy atom. The Hall–Kier alpha value is -6.64. The summed E-state index contributed by atoms with van der Waals surface area (Å²) in [4.78, 5) is 2.22. The molecule has 0 aliphatic carbocycles. The van der Waals surface area contributed by atoms with Crippen molar-refractivity contribution in [1.82, 2.24) is 4.57 Å². The lowest BCUT2D eigenvalue weighted by atomic mass is 9.96. The maximum absolute atomic E-state index is 2.41. The molecule has 0 amide bonds. The molecule has 2 heteroatoms. The minimum Gasteiger partial charge on any atom is -0.345 e. The second-order valence-corrected chi connectivity index (χ2v) is 13.1. The Balaban J connectivity index is 1.19. The van der Waals surface area contributed by atoms with Crippen LogP contribution in [0.5, 0.6) is 0 Å². The summed E-state index contributed by atoms with van der Waals surface area (Å²) in [6, 6.07) is 72.3. The Labute approximate surface area is 299 Å². The van der Waals surface area contributed by atoms with Crippen LogP contribution in [0.25, 0.3) is 72.0 Å². The first-order chi connectivity index (χ1) is 25.2. The molecule has 0 fully saturated rings. The van der Waals surface area contributed by atoms with Crippen LogP contribution in [0, 0.1) is 0 Å². The standard InChI is InChI=1S/C49H36N2/c1-50(43-21-9-4-10-22-43)44-25-27-45(28-26-44)51-48-29-23-41(39-19-11-17-37(31-39)35-13-5-2-6-14-35)33-46(48)47-34-42(24-30-49(47)51)40-20-12-18-38(32-40)36-15-7-3-8-16-36/h2-34H,1H3. The van der Waals surface area contributed by atoms with Crippen molar-refractivity contribution in [3.63, 3.8) is 0 Å². The summed E-state index contributed by atoms with van der Waals surface area (Å²) in [5.74, 6) is 0. The first kappa shape index (κ1) is 30.4. The smallest absolute Gasteiger partial charge is 0.0541 e. The van der Waals surface area contributed by atoms with E-state index < -0.39 is 0 Å². The van der Waals surface area contributed by atoms with E-state index in [1.165, 1.54) is 66.3 Å². The van der Waals surface area contributed by atoms with Gasteiger partial charge in [-0.1, -0.05) is 127 Å². The van der Waals surface area contributed by atoms with Gasteiger partial charge in [-0.3, -0.25) is 0 Å². The first-order valence-corrected chi connectivity index (χ1v) is 17.5. The highest BCUT2D eigenvalue weighted by atomic mass is 15.1. The van der Waals surface area contributed by atoms with Crippen LogP contribution in [0.3, 0.4) is 0 Å². The molecule has 0 unspecified atom stereocenters. The Morgan fingerprint density at radius 1 is 0.314 bits per heavy atom. The Bertz CT molecular complexity index is 2480. The molecule has 0 saturated carbocycles. The summed E-state index contributed by atoms with van der Waals surface area (Å²) in [6.07, 6.45) is 0.